The first-order valence-corrected chi connectivity index (χ1v) is 8.63. The van der Waals surface area contributed by atoms with E-state index in [0.717, 1.165) is 6.42 Å². The largest absolute Gasteiger partial charge is 0.469 e. The Labute approximate surface area is 121 Å². The molecule has 7 heteroatoms. The number of rotatable bonds is 8. The third kappa shape index (κ3) is 3.93. The molecule has 2 atom stereocenters. The Morgan fingerprint density at radius 1 is 1.30 bits per heavy atom. The zero-order chi connectivity index (χ0) is 15.2. The molecule has 118 valence electrons. The Balaban J connectivity index is 2.81. The fraction of sp³-hybridized carbons (Fsp3) is 0.923. The molecule has 0 aromatic heterocycles. The summed E-state index contributed by atoms with van der Waals surface area (Å²) in [6.07, 6.45) is 1.85. The Hall–Kier alpha value is -0.660. The Bertz CT molecular complexity index is 409. The number of nitrogens with zero attached hydrogens (tertiary/aromatic N) is 1. The number of methoxy groups -OCH3 is 1. The highest BCUT2D eigenvalue weighted by atomic mass is 32.2. The van der Waals surface area contributed by atoms with Crippen molar-refractivity contribution in [3.63, 3.8) is 0 Å². The van der Waals surface area contributed by atoms with Gasteiger partial charge in [0.05, 0.1) is 24.9 Å². The number of likely N-dealkylation sites (N-methyl/N-ethyl adjacent to an activating group) is 1. The Morgan fingerprint density at radius 3 is 2.55 bits per heavy atom. The normalized spacial score (nSPS) is 23.2. The van der Waals surface area contributed by atoms with Gasteiger partial charge < -0.3 is 9.47 Å². The van der Waals surface area contributed by atoms with Gasteiger partial charge in [0, 0.05) is 19.7 Å². The molecule has 0 N–H and O–H groups in total. The fourth-order valence-corrected chi connectivity index (χ4v) is 4.87. The van der Waals surface area contributed by atoms with Gasteiger partial charge in [0.1, 0.15) is 0 Å². The van der Waals surface area contributed by atoms with E-state index < -0.39 is 27.2 Å². The highest BCUT2D eigenvalue weighted by molar-refractivity contribution is 7.89. The zero-order valence-corrected chi connectivity index (χ0v) is 13.3. The van der Waals surface area contributed by atoms with Crippen molar-refractivity contribution in [2.45, 2.75) is 38.4 Å². The molecule has 0 spiro atoms. The summed E-state index contributed by atoms with van der Waals surface area (Å²) in [5.41, 5.74) is 0. The van der Waals surface area contributed by atoms with Crippen LogP contribution in [0.15, 0.2) is 0 Å². The second-order valence-electron chi connectivity index (χ2n) is 4.83. The maximum atomic E-state index is 12.7. The number of carbonyl (C=O) groups excluding carboxylic acids is 1. The lowest BCUT2D eigenvalue weighted by molar-refractivity contribution is -0.145. The second kappa shape index (κ2) is 7.95. The summed E-state index contributed by atoms with van der Waals surface area (Å²) < 4.78 is 36.7. The topological polar surface area (TPSA) is 72.9 Å². The van der Waals surface area contributed by atoms with Gasteiger partial charge in [0.25, 0.3) is 0 Å². The van der Waals surface area contributed by atoms with Crippen molar-refractivity contribution in [2.24, 2.45) is 5.92 Å². The molecule has 0 saturated heterocycles. The number of ether oxygens (including phenoxy) is 2. The third-order valence-electron chi connectivity index (χ3n) is 3.74. The number of hydrogen-bond acceptors (Lipinski definition) is 5. The van der Waals surface area contributed by atoms with E-state index in [4.69, 9.17) is 9.47 Å². The molecule has 0 bridgehead atoms. The summed E-state index contributed by atoms with van der Waals surface area (Å²) in [7, 11) is -2.18. The van der Waals surface area contributed by atoms with Crippen molar-refractivity contribution in [2.75, 3.05) is 33.4 Å². The summed E-state index contributed by atoms with van der Waals surface area (Å²) >= 11 is 0. The predicted molar refractivity (Wildman–Crippen MR) is 75.8 cm³/mol. The molecule has 0 aromatic rings. The predicted octanol–water partition coefficient (Wildman–Crippen LogP) is 1.02. The molecular weight excluding hydrogens is 282 g/mol. The lowest BCUT2D eigenvalue weighted by atomic mass is 10.1. The van der Waals surface area contributed by atoms with Crippen LogP contribution in [0.25, 0.3) is 0 Å². The van der Waals surface area contributed by atoms with E-state index in [-0.39, 0.29) is 0 Å². The molecule has 0 amide bonds. The van der Waals surface area contributed by atoms with Gasteiger partial charge in [-0.15, -0.1) is 0 Å². The third-order valence-corrected chi connectivity index (χ3v) is 6.23. The van der Waals surface area contributed by atoms with Gasteiger partial charge >= 0.3 is 5.97 Å². The van der Waals surface area contributed by atoms with Crippen molar-refractivity contribution in [3.05, 3.63) is 0 Å². The number of hydrogen-bond donors (Lipinski definition) is 0. The minimum Gasteiger partial charge on any atom is -0.469 e. The average molecular weight is 307 g/mol. The molecule has 1 aliphatic carbocycles. The van der Waals surface area contributed by atoms with E-state index in [1.54, 1.807) is 6.92 Å². The first-order chi connectivity index (χ1) is 9.48. The lowest BCUT2D eigenvalue weighted by Crippen LogP contribution is -2.43. The first-order valence-electron chi connectivity index (χ1n) is 7.13. The maximum absolute atomic E-state index is 12.7. The van der Waals surface area contributed by atoms with Gasteiger partial charge in [-0.3, -0.25) is 4.79 Å². The van der Waals surface area contributed by atoms with Crippen LogP contribution in [0.2, 0.25) is 0 Å². The molecule has 6 nitrogen and oxygen atoms in total. The van der Waals surface area contributed by atoms with E-state index in [0.29, 0.717) is 39.1 Å². The Kier molecular flexibility index (Phi) is 6.91. The van der Waals surface area contributed by atoms with Crippen LogP contribution in [0, 0.1) is 5.92 Å². The van der Waals surface area contributed by atoms with E-state index in [1.807, 2.05) is 6.92 Å². The van der Waals surface area contributed by atoms with Crippen LogP contribution >= 0.6 is 0 Å². The molecule has 0 radical (unpaired) electrons. The Morgan fingerprint density at radius 2 is 2.00 bits per heavy atom. The fourth-order valence-electron chi connectivity index (χ4n) is 2.67. The van der Waals surface area contributed by atoms with Gasteiger partial charge in [-0.05, 0) is 19.8 Å². The molecule has 20 heavy (non-hydrogen) atoms. The monoisotopic (exact) mass is 307 g/mol. The summed E-state index contributed by atoms with van der Waals surface area (Å²) in [6.45, 7) is 5.32. The van der Waals surface area contributed by atoms with Crippen LogP contribution in [-0.2, 0) is 24.3 Å². The molecule has 0 aromatic carbocycles. The van der Waals surface area contributed by atoms with Crippen LogP contribution < -0.4 is 0 Å². The van der Waals surface area contributed by atoms with Crippen molar-refractivity contribution < 1.29 is 22.7 Å². The van der Waals surface area contributed by atoms with Crippen LogP contribution in [0.1, 0.15) is 33.1 Å². The van der Waals surface area contributed by atoms with Crippen molar-refractivity contribution >= 4 is 16.0 Å². The van der Waals surface area contributed by atoms with Crippen molar-refractivity contribution in [3.8, 4) is 0 Å². The van der Waals surface area contributed by atoms with Crippen LogP contribution in [-0.4, -0.2) is 57.4 Å². The van der Waals surface area contributed by atoms with Gasteiger partial charge in [0.15, 0.2) is 0 Å². The summed E-state index contributed by atoms with van der Waals surface area (Å²) in [6, 6.07) is 0. The zero-order valence-electron chi connectivity index (χ0n) is 12.5. The molecule has 1 fully saturated rings. The van der Waals surface area contributed by atoms with Crippen molar-refractivity contribution in [1.82, 2.24) is 4.31 Å². The second-order valence-corrected chi connectivity index (χ2v) is 6.98. The average Bonchev–Trinajstić information content (AvgIpc) is 2.92. The van der Waals surface area contributed by atoms with Gasteiger partial charge in [-0.1, -0.05) is 13.3 Å². The van der Waals surface area contributed by atoms with Gasteiger partial charge in [-0.25, -0.2) is 8.42 Å². The van der Waals surface area contributed by atoms with Crippen LogP contribution in [0.4, 0.5) is 0 Å². The quantitative estimate of drug-likeness (QED) is 0.494. The van der Waals surface area contributed by atoms with E-state index in [2.05, 4.69) is 0 Å². The highest BCUT2D eigenvalue weighted by Gasteiger charge is 2.44. The first kappa shape index (κ1) is 17.4. The van der Waals surface area contributed by atoms with Gasteiger partial charge in [0.2, 0.25) is 10.0 Å². The molecule has 1 aliphatic rings. The number of sulfonamides is 1. The molecule has 0 aliphatic heterocycles. The summed E-state index contributed by atoms with van der Waals surface area (Å²) in [4.78, 5) is 11.7. The minimum atomic E-state index is -3.48. The van der Waals surface area contributed by atoms with Crippen LogP contribution in [0.3, 0.4) is 0 Å². The van der Waals surface area contributed by atoms with E-state index in [9.17, 15) is 13.2 Å². The lowest BCUT2D eigenvalue weighted by Gasteiger charge is -2.26. The van der Waals surface area contributed by atoms with E-state index in [1.165, 1.54) is 11.4 Å². The number of esters is 1. The number of carbonyl (C=O) groups is 1. The standard InChI is InChI=1S/C13H25NO5S/c1-4-14(9-10-19-5-2)20(16,17)12-8-6-7-11(12)13(15)18-3/h11-12H,4-10H2,1-3H3. The summed E-state index contributed by atoms with van der Waals surface area (Å²) in [5.74, 6) is -0.955. The molecular formula is C13H25NO5S. The van der Waals surface area contributed by atoms with Gasteiger partial charge in [-0.2, -0.15) is 4.31 Å². The molecule has 2 unspecified atom stereocenters. The SMILES string of the molecule is CCOCCN(CC)S(=O)(=O)C1CCCC1C(=O)OC. The minimum absolute atomic E-state index is 0.330. The smallest absolute Gasteiger partial charge is 0.310 e. The maximum Gasteiger partial charge on any atom is 0.310 e. The molecule has 1 saturated carbocycles. The highest BCUT2D eigenvalue weighted by Crippen LogP contribution is 2.33. The molecule has 0 heterocycles. The summed E-state index contributed by atoms with van der Waals surface area (Å²) in [5, 5.41) is -0.656. The van der Waals surface area contributed by atoms with Crippen molar-refractivity contribution in [1.29, 1.82) is 0 Å². The van der Waals surface area contributed by atoms with Crippen LogP contribution in [0.5, 0.6) is 0 Å². The van der Waals surface area contributed by atoms with E-state index >= 15 is 0 Å². The molecule has 1 rings (SSSR count).